The molecule has 3 nitrogen and oxygen atoms in total. The molecule has 64 valence electrons. The van der Waals surface area contributed by atoms with Gasteiger partial charge >= 0.3 is 0 Å². The molecular weight excluding hydrogens is 185 g/mol. The molecule has 0 spiro atoms. The summed E-state index contributed by atoms with van der Waals surface area (Å²) < 4.78 is 0. The fourth-order valence-corrected chi connectivity index (χ4v) is 0.638. The number of rotatable bonds is 1. The van der Waals surface area contributed by atoms with Crippen molar-refractivity contribution < 1.29 is 0 Å². The predicted octanol–water partition coefficient (Wildman–Crippen LogP) is 1.09. The summed E-state index contributed by atoms with van der Waals surface area (Å²) in [7, 11) is 0. The van der Waals surface area contributed by atoms with E-state index in [2.05, 4.69) is 9.97 Å². The van der Waals surface area contributed by atoms with Crippen LogP contribution in [0.4, 0.5) is 0 Å². The van der Waals surface area contributed by atoms with Gasteiger partial charge in [0.2, 0.25) is 0 Å². The van der Waals surface area contributed by atoms with Gasteiger partial charge < -0.3 is 5.73 Å². The SMILES string of the molecule is Cc1cncnc1CN.Cl.Cl. The molecule has 0 radical (unpaired) electrons. The zero-order chi connectivity index (χ0) is 6.69. The van der Waals surface area contributed by atoms with Crippen LogP contribution in [0.15, 0.2) is 12.5 Å². The van der Waals surface area contributed by atoms with E-state index in [0.29, 0.717) is 6.54 Å². The Morgan fingerprint density at radius 1 is 1.45 bits per heavy atom. The third kappa shape index (κ3) is 3.51. The fraction of sp³-hybridized carbons (Fsp3) is 0.333. The maximum Gasteiger partial charge on any atom is 0.115 e. The van der Waals surface area contributed by atoms with Crippen LogP contribution < -0.4 is 5.73 Å². The Bertz CT molecular complexity index is 205. The molecule has 1 heterocycles. The van der Waals surface area contributed by atoms with E-state index in [1.54, 1.807) is 6.20 Å². The molecule has 0 aliphatic carbocycles. The molecule has 1 rings (SSSR count). The monoisotopic (exact) mass is 195 g/mol. The molecule has 0 amide bonds. The van der Waals surface area contributed by atoms with Gasteiger partial charge in [-0.2, -0.15) is 0 Å². The quantitative estimate of drug-likeness (QED) is 0.731. The van der Waals surface area contributed by atoms with Crippen LogP contribution in [-0.2, 0) is 6.54 Å². The molecule has 0 atom stereocenters. The fourth-order valence-electron chi connectivity index (χ4n) is 0.638. The molecule has 0 aromatic carbocycles. The Morgan fingerprint density at radius 2 is 2.09 bits per heavy atom. The first kappa shape index (κ1) is 13.2. The van der Waals surface area contributed by atoms with Gasteiger partial charge in [0, 0.05) is 12.7 Å². The van der Waals surface area contributed by atoms with Crippen molar-refractivity contribution >= 4 is 24.8 Å². The highest BCUT2D eigenvalue weighted by molar-refractivity contribution is 5.85. The lowest BCUT2D eigenvalue weighted by Gasteiger charge is -1.96. The first-order chi connectivity index (χ1) is 4.34. The molecular formula is C6H11Cl2N3. The van der Waals surface area contributed by atoms with Crippen molar-refractivity contribution in [3.63, 3.8) is 0 Å². The molecule has 1 aromatic heterocycles. The van der Waals surface area contributed by atoms with Crippen molar-refractivity contribution in [1.82, 2.24) is 9.97 Å². The van der Waals surface area contributed by atoms with Gasteiger partial charge in [-0.15, -0.1) is 24.8 Å². The molecule has 0 aliphatic rings. The van der Waals surface area contributed by atoms with E-state index in [4.69, 9.17) is 5.73 Å². The molecule has 1 aromatic rings. The predicted molar refractivity (Wildman–Crippen MR) is 49.2 cm³/mol. The smallest absolute Gasteiger partial charge is 0.115 e. The number of nitrogens with zero attached hydrogens (tertiary/aromatic N) is 2. The van der Waals surface area contributed by atoms with Crippen molar-refractivity contribution in [3.8, 4) is 0 Å². The summed E-state index contributed by atoms with van der Waals surface area (Å²) in [5, 5.41) is 0. The van der Waals surface area contributed by atoms with Crippen molar-refractivity contribution in [2.75, 3.05) is 0 Å². The standard InChI is InChI=1S/C6H9N3.2ClH/c1-5-3-8-4-9-6(5)2-7;;/h3-4H,2,7H2,1H3;2*1H. The van der Waals surface area contributed by atoms with Gasteiger partial charge in [-0.05, 0) is 12.5 Å². The van der Waals surface area contributed by atoms with E-state index in [1.165, 1.54) is 6.33 Å². The van der Waals surface area contributed by atoms with Crippen LogP contribution in [0.5, 0.6) is 0 Å². The Balaban J connectivity index is 0. The van der Waals surface area contributed by atoms with Crippen LogP contribution in [0, 0.1) is 6.92 Å². The number of hydrogen-bond donors (Lipinski definition) is 1. The number of aryl methyl sites for hydroxylation is 1. The lowest BCUT2D eigenvalue weighted by atomic mass is 10.3. The third-order valence-electron chi connectivity index (χ3n) is 1.20. The number of halogens is 2. The Hall–Kier alpha value is -0.380. The Kier molecular flexibility index (Phi) is 7.62. The second-order valence-electron chi connectivity index (χ2n) is 1.86. The summed E-state index contributed by atoms with van der Waals surface area (Å²) in [4.78, 5) is 7.79. The van der Waals surface area contributed by atoms with Gasteiger partial charge in [-0.25, -0.2) is 9.97 Å². The van der Waals surface area contributed by atoms with Crippen molar-refractivity contribution in [2.24, 2.45) is 5.73 Å². The highest BCUT2D eigenvalue weighted by Crippen LogP contribution is 1.97. The summed E-state index contributed by atoms with van der Waals surface area (Å²) in [6.07, 6.45) is 3.27. The summed E-state index contributed by atoms with van der Waals surface area (Å²) in [6.45, 7) is 2.44. The van der Waals surface area contributed by atoms with E-state index < -0.39 is 0 Å². The molecule has 0 fully saturated rings. The zero-order valence-corrected chi connectivity index (χ0v) is 7.78. The summed E-state index contributed by atoms with van der Waals surface area (Å²) in [6, 6.07) is 0. The lowest BCUT2D eigenvalue weighted by Crippen LogP contribution is -2.01. The van der Waals surface area contributed by atoms with Crippen molar-refractivity contribution in [1.29, 1.82) is 0 Å². The Labute approximate surface area is 78.2 Å². The summed E-state index contributed by atoms with van der Waals surface area (Å²) >= 11 is 0. The summed E-state index contributed by atoms with van der Waals surface area (Å²) in [5.41, 5.74) is 7.34. The molecule has 0 bridgehead atoms. The van der Waals surface area contributed by atoms with E-state index in [9.17, 15) is 0 Å². The van der Waals surface area contributed by atoms with Gasteiger partial charge in [0.15, 0.2) is 0 Å². The minimum absolute atomic E-state index is 0. The van der Waals surface area contributed by atoms with Crippen LogP contribution >= 0.6 is 24.8 Å². The van der Waals surface area contributed by atoms with E-state index in [-0.39, 0.29) is 24.8 Å². The van der Waals surface area contributed by atoms with Gasteiger partial charge in [0.1, 0.15) is 6.33 Å². The largest absolute Gasteiger partial charge is 0.325 e. The van der Waals surface area contributed by atoms with Crippen LogP contribution in [0.1, 0.15) is 11.3 Å². The first-order valence-corrected chi connectivity index (χ1v) is 2.80. The van der Waals surface area contributed by atoms with E-state index >= 15 is 0 Å². The first-order valence-electron chi connectivity index (χ1n) is 2.80. The van der Waals surface area contributed by atoms with Crippen molar-refractivity contribution in [3.05, 3.63) is 23.8 Å². The molecule has 5 heteroatoms. The average Bonchev–Trinajstić information content (AvgIpc) is 1.89. The summed E-state index contributed by atoms with van der Waals surface area (Å²) in [5.74, 6) is 0. The maximum absolute atomic E-state index is 5.36. The van der Waals surface area contributed by atoms with E-state index in [1.807, 2.05) is 6.92 Å². The van der Waals surface area contributed by atoms with Crippen LogP contribution in [0.3, 0.4) is 0 Å². The van der Waals surface area contributed by atoms with Gasteiger partial charge in [0.25, 0.3) is 0 Å². The third-order valence-corrected chi connectivity index (χ3v) is 1.20. The minimum Gasteiger partial charge on any atom is -0.325 e. The van der Waals surface area contributed by atoms with Crippen LogP contribution in [0.25, 0.3) is 0 Å². The molecule has 0 saturated heterocycles. The number of aromatic nitrogens is 2. The zero-order valence-electron chi connectivity index (χ0n) is 6.15. The number of nitrogens with two attached hydrogens (primary N) is 1. The van der Waals surface area contributed by atoms with Crippen LogP contribution in [-0.4, -0.2) is 9.97 Å². The lowest BCUT2D eigenvalue weighted by molar-refractivity contribution is 0.939. The normalized spacial score (nSPS) is 7.82. The molecule has 0 aliphatic heterocycles. The van der Waals surface area contributed by atoms with Gasteiger partial charge in [-0.3, -0.25) is 0 Å². The van der Waals surface area contributed by atoms with Gasteiger partial charge in [0.05, 0.1) is 5.69 Å². The molecule has 11 heavy (non-hydrogen) atoms. The highest BCUT2D eigenvalue weighted by Gasteiger charge is 1.92. The van der Waals surface area contributed by atoms with Crippen LogP contribution in [0.2, 0.25) is 0 Å². The van der Waals surface area contributed by atoms with Crippen molar-refractivity contribution in [2.45, 2.75) is 13.5 Å². The van der Waals surface area contributed by atoms with Gasteiger partial charge in [-0.1, -0.05) is 0 Å². The second-order valence-corrected chi connectivity index (χ2v) is 1.86. The van der Waals surface area contributed by atoms with E-state index in [0.717, 1.165) is 11.3 Å². The average molecular weight is 196 g/mol. The highest BCUT2D eigenvalue weighted by atomic mass is 35.5. The molecule has 0 unspecified atom stereocenters. The minimum atomic E-state index is 0. The molecule has 2 N–H and O–H groups in total. The second kappa shape index (κ2) is 6.34. The molecule has 0 saturated carbocycles. The number of hydrogen-bond acceptors (Lipinski definition) is 3. The topological polar surface area (TPSA) is 51.8 Å². The maximum atomic E-state index is 5.36. The Morgan fingerprint density at radius 3 is 2.45 bits per heavy atom.